The van der Waals surface area contributed by atoms with Crippen LogP contribution in [0.15, 0.2) is 65.7 Å². The molecule has 3 aromatic rings. The van der Waals surface area contributed by atoms with Crippen LogP contribution in [0.3, 0.4) is 0 Å². The summed E-state index contributed by atoms with van der Waals surface area (Å²) in [5, 5.41) is 4.64. The number of halogens is 3. The Morgan fingerprint density at radius 1 is 1.03 bits per heavy atom. The molecule has 1 aromatic heterocycles. The lowest BCUT2D eigenvalue weighted by Crippen LogP contribution is -2.22. The molecule has 0 aliphatic rings. The molecule has 0 saturated carbocycles. The highest BCUT2D eigenvalue weighted by atomic mass is 32.2. The number of carbonyl (C=O) groups excluding carboxylic acids is 1. The summed E-state index contributed by atoms with van der Waals surface area (Å²) in [6, 6.07) is 13.0. The van der Waals surface area contributed by atoms with Crippen molar-refractivity contribution in [1.82, 2.24) is 9.97 Å². The highest BCUT2D eigenvalue weighted by Gasteiger charge is 2.33. The Morgan fingerprint density at radius 3 is 2.41 bits per heavy atom. The first-order valence-corrected chi connectivity index (χ1v) is 11.2. The highest BCUT2D eigenvalue weighted by Crippen LogP contribution is 2.31. The van der Waals surface area contributed by atoms with Crippen molar-refractivity contribution < 1.29 is 26.4 Å². The van der Waals surface area contributed by atoms with Gasteiger partial charge in [-0.3, -0.25) is 5.32 Å². The van der Waals surface area contributed by atoms with Gasteiger partial charge in [-0.25, -0.2) is 23.2 Å². The van der Waals surface area contributed by atoms with Crippen molar-refractivity contribution in [3.8, 4) is 11.1 Å². The van der Waals surface area contributed by atoms with E-state index in [0.717, 1.165) is 6.20 Å². The zero-order valence-corrected chi connectivity index (χ0v) is 17.7. The molecule has 2 amide bonds. The lowest BCUT2D eigenvalue weighted by Gasteiger charge is -2.14. The molecule has 0 saturated heterocycles. The number of carbonyl (C=O) groups is 1. The maximum Gasteiger partial charge on any atom is 0.433 e. The van der Waals surface area contributed by atoms with Crippen molar-refractivity contribution in [1.29, 1.82) is 0 Å². The first kappa shape index (κ1) is 23.2. The molecule has 0 bridgehead atoms. The summed E-state index contributed by atoms with van der Waals surface area (Å²) in [5.41, 5.74) is 0.192. The number of aromatic nitrogens is 2. The van der Waals surface area contributed by atoms with Gasteiger partial charge in [0.05, 0.1) is 16.3 Å². The van der Waals surface area contributed by atoms with Crippen molar-refractivity contribution in [2.24, 2.45) is 0 Å². The van der Waals surface area contributed by atoms with Crippen LogP contribution >= 0.6 is 0 Å². The van der Waals surface area contributed by atoms with Gasteiger partial charge in [0, 0.05) is 11.8 Å². The molecule has 7 nitrogen and oxygen atoms in total. The minimum Gasteiger partial charge on any atom is -0.307 e. The van der Waals surface area contributed by atoms with Gasteiger partial charge in [0.2, 0.25) is 5.95 Å². The second kappa shape index (κ2) is 9.35. The van der Waals surface area contributed by atoms with Gasteiger partial charge >= 0.3 is 12.2 Å². The minimum absolute atomic E-state index is 0.0182. The number of nitrogens with zero attached hydrogens (tertiary/aromatic N) is 2. The van der Waals surface area contributed by atoms with Gasteiger partial charge in [-0.15, -0.1) is 0 Å². The molecule has 11 heteroatoms. The average Bonchev–Trinajstić information content (AvgIpc) is 2.74. The Labute approximate surface area is 182 Å². The number of benzene rings is 2. The van der Waals surface area contributed by atoms with Crippen LogP contribution in [0.4, 0.5) is 29.6 Å². The Bertz CT molecular complexity index is 1220. The first-order valence-electron chi connectivity index (χ1n) is 9.50. The van der Waals surface area contributed by atoms with Crippen molar-refractivity contribution >= 4 is 27.5 Å². The highest BCUT2D eigenvalue weighted by molar-refractivity contribution is 7.91. The normalized spacial score (nSPS) is 11.8. The van der Waals surface area contributed by atoms with E-state index in [2.05, 4.69) is 20.6 Å². The molecule has 3 rings (SSSR count). The van der Waals surface area contributed by atoms with Crippen LogP contribution in [0.5, 0.6) is 0 Å². The Morgan fingerprint density at radius 2 is 1.75 bits per heavy atom. The second-order valence-corrected chi connectivity index (χ2v) is 8.84. The fourth-order valence-electron chi connectivity index (χ4n) is 2.91. The van der Waals surface area contributed by atoms with Crippen molar-refractivity contribution in [3.63, 3.8) is 0 Å². The average molecular weight is 464 g/mol. The predicted molar refractivity (Wildman–Crippen MR) is 114 cm³/mol. The van der Waals surface area contributed by atoms with Crippen LogP contribution in [0.2, 0.25) is 0 Å². The lowest BCUT2D eigenvalue weighted by atomic mass is 10.0. The van der Waals surface area contributed by atoms with Gasteiger partial charge in [0.25, 0.3) is 0 Å². The fourth-order valence-corrected chi connectivity index (χ4v) is 4.25. The standard InChI is InChI=1S/C21H19F3N4O3S/c1-2-12-32(30,31)15-8-9-16(14-6-4-3-5-7-14)17(13-15)26-20(29)28-19-25-11-10-18(27-19)21(22,23)24/h3-11,13H,2,12H2,1H3,(H2,25,26,27,28,29). The van der Waals surface area contributed by atoms with E-state index in [1.165, 1.54) is 12.1 Å². The van der Waals surface area contributed by atoms with Crippen LogP contribution in [0.25, 0.3) is 11.1 Å². The summed E-state index contributed by atoms with van der Waals surface area (Å²) in [6.07, 6.45) is -3.41. The Kier molecular flexibility index (Phi) is 6.78. The SMILES string of the molecule is CCCS(=O)(=O)c1ccc(-c2ccccc2)c(NC(=O)Nc2nccc(C(F)(F)F)n2)c1. The molecule has 1 heterocycles. The third kappa shape index (κ3) is 5.61. The Balaban J connectivity index is 1.93. The van der Waals surface area contributed by atoms with E-state index < -0.39 is 33.7 Å². The summed E-state index contributed by atoms with van der Waals surface area (Å²) >= 11 is 0. The molecule has 168 valence electrons. The molecule has 32 heavy (non-hydrogen) atoms. The number of hydrogen-bond donors (Lipinski definition) is 2. The fraction of sp³-hybridized carbons (Fsp3) is 0.190. The lowest BCUT2D eigenvalue weighted by molar-refractivity contribution is -0.141. The third-order valence-electron chi connectivity index (χ3n) is 4.33. The van der Waals surface area contributed by atoms with Crippen molar-refractivity contribution in [3.05, 3.63) is 66.5 Å². The zero-order valence-electron chi connectivity index (χ0n) is 16.8. The van der Waals surface area contributed by atoms with Gasteiger partial charge in [-0.2, -0.15) is 13.2 Å². The summed E-state index contributed by atoms with van der Waals surface area (Å²) < 4.78 is 63.5. The molecule has 0 aliphatic carbocycles. The number of rotatable bonds is 6. The van der Waals surface area contributed by atoms with Gasteiger partial charge < -0.3 is 5.32 Å². The quantitative estimate of drug-likeness (QED) is 0.535. The van der Waals surface area contributed by atoms with Crippen LogP contribution in [0.1, 0.15) is 19.0 Å². The smallest absolute Gasteiger partial charge is 0.307 e. The van der Waals surface area contributed by atoms with E-state index in [-0.39, 0.29) is 16.3 Å². The topological polar surface area (TPSA) is 101 Å². The molecule has 2 aromatic carbocycles. The summed E-state index contributed by atoms with van der Waals surface area (Å²) in [5.74, 6) is -0.616. The van der Waals surface area contributed by atoms with Gasteiger partial charge in [-0.1, -0.05) is 43.3 Å². The van der Waals surface area contributed by atoms with E-state index in [4.69, 9.17) is 0 Å². The number of alkyl halides is 3. The summed E-state index contributed by atoms with van der Waals surface area (Å²) in [6.45, 7) is 1.73. The molecule has 0 aliphatic heterocycles. The molecule has 0 radical (unpaired) electrons. The largest absolute Gasteiger partial charge is 0.433 e. The van der Waals surface area contributed by atoms with E-state index in [0.29, 0.717) is 23.6 Å². The molecule has 0 fully saturated rings. The molecule has 2 N–H and O–H groups in total. The number of hydrogen-bond acceptors (Lipinski definition) is 5. The number of amides is 2. The summed E-state index contributed by atoms with van der Waals surface area (Å²) in [4.78, 5) is 19.4. The van der Waals surface area contributed by atoms with E-state index in [1.54, 1.807) is 43.3 Å². The van der Waals surface area contributed by atoms with Gasteiger partial charge in [0.15, 0.2) is 9.84 Å². The second-order valence-electron chi connectivity index (χ2n) is 6.73. The summed E-state index contributed by atoms with van der Waals surface area (Å²) in [7, 11) is -3.57. The maximum atomic E-state index is 12.8. The molecule has 0 unspecified atom stereocenters. The molecule has 0 atom stereocenters. The third-order valence-corrected chi connectivity index (χ3v) is 6.25. The van der Waals surface area contributed by atoms with E-state index in [1.807, 2.05) is 0 Å². The predicted octanol–water partition coefficient (Wildman–Crippen LogP) is 4.99. The van der Waals surface area contributed by atoms with Crippen molar-refractivity contribution in [2.45, 2.75) is 24.4 Å². The zero-order chi connectivity index (χ0) is 23.4. The number of sulfone groups is 1. The van der Waals surface area contributed by atoms with Gasteiger partial charge in [-0.05, 0) is 30.2 Å². The van der Waals surface area contributed by atoms with Crippen LogP contribution in [-0.2, 0) is 16.0 Å². The van der Waals surface area contributed by atoms with Crippen molar-refractivity contribution in [2.75, 3.05) is 16.4 Å². The first-order chi connectivity index (χ1) is 15.1. The molecular formula is C21H19F3N4O3S. The van der Waals surface area contributed by atoms with Gasteiger partial charge in [0.1, 0.15) is 5.69 Å². The van der Waals surface area contributed by atoms with Crippen LogP contribution in [0, 0.1) is 0 Å². The van der Waals surface area contributed by atoms with E-state index in [9.17, 15) is 26.4 Å². The minimum atomic E-state index is -4.70. The number of urea groups is 1. The number of anilines is 2. The van der Waals surface area contributed by atoms with Crippen LogP contribution in [-0.4, -0.2) is 30.2 Å². The van der Waals surface area contributed by atoms with Crippen LogP contribution < -0.4 is 10.6 Å². The maximum absolute atomic E-state index is 12.8. The molecule has 0 spiro atoms. The van der Waals surface area contributed by atoms with E-state index >= 15 is 0 Å². The molecular weight excluding hydrogens is 445 g/mol. The monoisotopic (exact) mass is 464 g/mol. The number of nitrogens with one attached hydrogen (secondary N) is 2. The Hall–Kier alpha value is -3.47.